The van der Waals surface area contributed by atoms with Crippen molar-refractivity contribution >= 4 is 12.0 Å². The van der Waals surface area contributed by atoms with Crippen LogP contribution in [0.3, 0.4) is 0 Å². The minimum absolute atomic E-state index is 0.00699. The van der Waals surface area contributed by atoms with Crippen LogP contribution in [-0.2, 0) is 16.0 Å². The van der Waals surface area contributed by atoms with Crippen LogP contribution in [0, 0.1) is 17.7 Å². The molecule has 1 N–H and O–H groups in total. The third-order valence-corrected chi connectivity index (χ3v) is 7.32. The van der Waals surface area contributed by atoms with Crippen molar-refractivity contribution in [2.75, 3.05) is 26.2 Å². The lowest BCUT2D eigenvalue weighted by Crippen LogP contribution is -2.45. The minimum atomic E-state index is -0.540. The molecular weight excluding hydrogens is 459 g/mol. The monoisotopic (exact) mass is 496 g/mol. The Morgan fingerprint density at radius 3 is 2.36 bits per heavy atom. The molecule has 0 radical (unpaired) electrons. The van der Waals surface area contributed by atoms with E-state index in [1.807, 2.05) is 43.9 Å². The van der Waals surface area contributed by atoms with Gasteiger partial charge in [-0.25, -0.2) is 9.18 Å². The number of benzene rings is 2. The van der Waals surface area contributed by atoms with E-state index in [1.165, 1.54) is 17.7 Å². The fourth-order valence-corrected chi connectivity index (χ4v) is 5.44. The first-order chi connectivity index (χ1) is 17.2. The molecule has 2 heterocycles. The fraction of sp³-hybridized carbons (Fsp3) is 0.517. The van der Waals surface area contributed by atoms with Crippen molar-refractivity contribution in [1.82, 2.24) is 9.80 Å². The maximum Gasteiger partial charge on any atom is 0.410 e. The van der Waals surface area contributed by atoms with E-state index in [4.69, 9.17) is 4.74 Å². The number of rotatable bonds is 5. The van der Waals surface area contributed by atoms with Gasteiger partial charge in [0.05, 0.1) is 6.04 Å². The standard InChI is InChI=1S/C29H37FN2O4/c1-29(2,3)36-28(35)31-15-12-20(13-16-31)23(19-33)18-26(34)32-17-14-21-6-4-5-7-25(21)27(32)22-8-10-24(30)11-9-22/h4-11,20,23,27,33H,12-19H2,1-3H3/t23?,27-/m0/s1. The molecule has 0 aliphatic carbocycles. The smallest absolute Gasteiger partial charge is 0.410 e. The first-order valence-electron chi connectivity index (χ1n) is 12.9. The zero-order valence-corrected chi connectivity index (χ0v) is 21.5. The largest absolute Gasteiger partial charge is 0.444 e. The number of halogens is 1. The summed E-state index contributed by atoms with van der Waals surface area (Å²) in [7, 11) is 0. The second kappa shape index (κ2) is 11.0. The van der Waals surface area contributed by atoms with Gasteiger partial charge in [0.15, 0.2) is 0 Å². The average Bonchev–Trinajstić information content (AvgIpc) is 2.86. The minimum Gasteiger partial charge on any atom is -0.444 e. The molecule has 2 atom stereocenters. The predicted octanol–water partition coefficient (Wildman–Crippen LogP) is 4.95. The molecule has 0 bridgehead atoms. The van der Waals surface area contributed by atoms with Gasteiger partial charge >= 0.3 is 6.09 Å². The zero-order chi connectivity index (χ0) is 25.9. The first kappa shape index (κ1) is 26.1. The van der Waals surface area contributed by atoms with Crippen molar-refractivity contribution in [2.24, 2.45) is 11.8 Å². The van der Waals surface area contributed by atoms with Gasteiger partial charge in [-0.1, -0.05) is 36.4 Å². The number of carbonyl (C=O) groups excluding carboxylic acids is 2. The molecule has 2 aliphatic rings. The highest BCUT2D eigenvalue weighted by Crippen LogP contribution is 2.37. The van der Waals surface area contributed by atoms with Crippen molar-refractivity contribution in [3.05, 3.63) is 71.0 Å². The molecule has 194 valence electrons. The number of fused-ring (bicyclic) bond motifs is 1. The van der Waals surface area contributed by atoms with Crippen molar-refractivity contribution in [2.45, 2.75) is 58.1 Å². The highest BCUT2D eigenvalue weighted by molar-refractivity contribution is 5.78. The topological polar surface area (TPSA) is 70.1 Å². The molecular formula is C29H37FN2O4. The Balaban J connectivity index is 1.45. The van der Waals surface area contributed by atoms with Crippen molar-refractivity contribution in [1.29, 1.82) is 0 Å². The molecule has 4 rings (SSSR count). The summed E-state index contributed by atoms with van der Waals surface area (Å²) in [6.45, 7) is 7.16. The van der Waals surface area contributed by atoms with Gasteiger partial charge in [0.1, 0.15) is 11.4 Å². The Morgan fingerprint density at radius 2 is 1.72 bits per heavy atom. The number of likely N-dealkylation sites (tertiary alicyclic amines) is 1. The summed E-state index contributed by atoms with van der Waals surface area (Å²) in [6.07, 6.45) is 2.14. The van der Waals surface area contributed by atoms with E-state index in [2.05, 4.69) is 6.07 Å². The molecule has 2 aromatic rings. The van der Waals surface area contributed by atoms with Crippen LogP contribution in [0.25, 0.3) is 0 Å². The lowest BCUT2D eigenvalue weighted by Gasteiger charge is -2.40. The van der Waals surface area contributed by atoms with Crippen LogP contribution in [0.1, 0.15) is 62.8 Å². The first-order valence-corrected chi connectivity index (χ1v) is 12.9. The molecule has 0 spiro atoms. The summed E-state index contributed by atoms with van der Waals surface area (Å²) in [4.78, 5) is 29.7. The Morgan fingerprint density at radius 1 is 1.06 bits per heavy atom. The summed E-state index contributed by atoms with van der Waals surface area (Å²) in [5.74, 6) is -0.338. The van der Waals surface area contributed by atoms with Crippen LogP contribution < -0.4 is 0 Å². The van der Waals surface area contributed by atoms with Gasteiger partial charge in [0, 0.05) is 32.7 Å². The number of aliphatic hydroxyl groups excluding tert-OH is 1. The zero-order valence-electron chi connectivity index (χ0n) is 21.5. The summed E-state index contributed by atoms with van der Waals surface area (Å²) in [5.41, 5.74) is 2.60. The van der Waals surface area contributed by atoms with E-state index in [0.717, 1.165) is 30.4 Å². The number of aliphatic hydroxyl groups is 1. The summed E-state index contributed by atoms with van der Waals surface area (Å²) in [6, 6.07) is 14.2. The lowest BCUT2D eigenvalue weighted by atomic mass is 9.81. The van der Waals surface area contributed by atoms with Gasteiger partial charge in [-0.15, -0.1) is 0 Å². The number of amides is 2. The Kier molecular flexibility index (Phi) is 7.98. The lowest BCUT2D eigenvalue weighted by molar-refractivity contribution is -0.135. The maximum absolute atomic E-state index is 13.7. The van der Waals surface area contributed by atoms with E-state index in [9.17, 15) is 19.1 Å². The average molecular weight is 497 g/mol. The summed E-state index contributed by atoms with van der Waals surface area (Å²) < 4.78 is 19.1. The molecule has 2 amide bonds. The van der Waals surface area contributed by atoms with Crippen LogP contribution in [-0.4, -0.2) is 58.7 Å². The fourth-order valence-electron chi connectivity index (χ4n) is 5.44. The second-order valence-corrected chi connectivity index (χ2v) is 10.9. The normalized spacial score (nSPS) is 19.5. The number of piperidine rings is 1. The van der Waals surface area contributed by atoms with E-state index >= 15 is 0 Å². The molecule has 6 nitrogen and oxygen atoms in total. The van der Waals surface area contributed by atoms with Gasteiger partial charge in [-0.2, -0.15) is 0 Å². The van der Waals surface area contributed by atoms with Gasteiger partial charge < -0.3 is 19.6 Å². The van der Waals surface area contributed by atoms with Crippen LogP contribution in [0.5, 0.6) is 0 Å². The quantitative estimate of drug-likeness (QED) is 0.636. The predicted molar refractivity (Wildman–Crippen MR) is 136 cm³/mol. The molecule has 0 aromatic heterocycles. The van der Waals surface area contributed by atoms with Gasteiger partial charge in [0.25, 0.3) is 0 Å². The number of hydrogen-bond donors (Lipinski definition) is 1. The van der Waals surface area contributed by atoms with Crippen LogP contribution in [0.15, 0.2) is 48.5 Å². The van der Waals surface area contributed by atoms with Gasteiger partial charge in [-0.3, -0.25) is 4.79 Å². The van der Waals surface area contributed by atoms with Gasteiger partial charge in [0.2, 0.25) is 5.91 Å². The van der Waals surface area contributed by atoms with E-state index in [-0.39, 0.29) is 48.7 Å². The molecule has 2 aromatic carbocycles. The number of nitrogens with zero attached hydrogens (tertiary/aromatic N) is 2. The SMILES string of the molecule is CC(C)(C)OC(=O)N1CCC(C(CO)CC(=O)N2CCc3ccccc3[C@@H]2c2ccc(F)cc2)CC1. The summed E-state index contributed by atoms with van der Waals surface area (Å²) >= 11 is 0. The second-order valence-electron chi connectivity index (χ2n) is 10.9. The van der Waals surface area contributed by atoms with Crippen molar-refractivity contribution < 1.29 is 23.8 Å². The number of carbonyl (C=O) groups is 2. The molecule has 1 unspecified atom stereocenters. The Labute approximate surface area is 213 Å². The Hall–Kier alpha value is -2.93. The van der Waals surface area contributed by atoms with E-state index in [0.29, 0.717) is 19.6 Å². The molecule has 1 saturated heterocycles. The molecule has 2 aliphatic heterocycles. The summed E-state index contributed by atoms with van der Waals surface area (Å²) in [5, 5.41) is 10.2. The van der Waals surface area contributed by atoms with Crippen molar-refractivity contribution in [3.8, 4) is 0 Å². The molecule has 1 fully saturated rings. The third-order valence-electron chi connectivity index (χ3n) is 7.32. The van der Waals surface area contributed by atoms with Crippen molar-refractivity contribution in [3.63, 3.8) is 0 Å². The third kappa shape index (κ3) is 6.06. The van der Waals surface area contributed by atoms with E-state index in [1.54, 1.807) is 17.0 Å². The highest BCUT2D eigenvalue weighted by Gasteiger charge is 2.36. The molecule has 0 saturated carbocycles. The number of ether oxygens (including phenoxy) is 1. The number of hydrogen-bond acceptors (Lipinski definition) is 4. The molecule has 7 heteroatoms. The van der Waals surface area contributed by atoms with Gasteiger partial charge in [-0.05, 0) is 80.7 Å². The maximum atomic E-state index is 13.7. The highest BCUT2D eigenvalue weighted by atomic mass is 19.1. The van der Waals surface area contributed by atoms with E-state index < -0.39 is 5.60 Å². The van der Waals surface area contributed by atoms with Crippen LogP contribution >= 0.6 is 0 Å². The van der Waals surface area contributed by atoms with Crippen LogP contribution in [0.2, 0.25) is 0 Å². The molecule has 36 heavy (non-hydrogen) atoms. The van der Waals surface area contributed by atoms with Crippen LogP contribution in [0.4, 0.5) is 9.18 Å². The Bertz CT molecular complexity index is 1060.